The molecule has 0 aliphatic rings. The zero-order valence-corrected chi connectivity index (χ0v) is 14.5. The summed E-state index contributed by atoms with van der Waals surface area (Å²) in [6, 6.07) is 6.78. The van der Waals surface area contributed by atoms with Crippen molar-refractivity contribution in [2.24, 2.45) is 0 Å². The summed E-state index contributed by atoms with van der Waals surface area (Å²) in [5.41, 5.74) is 0.514. The number of hydrogen-bond donors (Lipinski definition) is 2. The molecule has 0 saturated carbocycles. The number of amides is 1. The van der Waals surface area contributed by atoms with Crippen molar-refractivity contribution >= 4 is 56.7 Å². The fourth-order valence-electron chi connectivity index (χ4n) is 2.04. The maximum Gasteiger partial charge on any atom is 0.259 e. The van der Waals surface area contributed by atoms with Gasteiger partial charge >= 0.3 is 0 Å². The molecule has 8 heteroatoms. The number of thiophene rings is 1. The van der Waals surface area contributed by atoms with E-state index in [0.717, 1.165) is 4.88 Å². The Labute approximate surface area is 150 Å². The van der Waals surface area contributed by atoms with E-state index in [-0.39, 0.29) is 11.5 Å². The van der Waals surface area contributed by atoms with Crippen molar-refractivity contribution in [3.05, 3.63) is 67.5 Å². The Morgan fingerprint density at radius 3 is 2.92 bits per heavy atom. The molecule has 0 unspecified atom stereocenters. The molecule has 0 aliphatic heterocycles. The Balaban J connectivity index is 1.65. The highest BCUT2D eigenvalue weighted by atomic mass is 35.5. The molecule has 0 atom stereocenters. The molecule has 3 aromatic rings. The second kappa shape index (κ2) is 7.17. The molecule has 0 spiro atoms. The van der Waals surface area contributed by atoms with Crippen molar-refractivity contribution in [1.82, 2.24) is 15.3 Å². The van der Waals surface area contributed by atoms with E-state index in [1.807, 2.05) is 0 Å². The molecule has 2 heterocycles. The summed E-state index contributed by atoms with van der Waals surface area (Å²) in [6.45, 7) is 0.317. The van der Waals surface area contributed by atoms with E-state index in [9.17, 15) is 9.59 Å². The molecule has 24 heavy (non-hydrogen) atoms. The van der Waals surface area contributed by atoms with Crippen molar-refractivity contribution in [2.45, 2.75) is 6.54 Å². The van der Waals surface area contributed by atoms with Gasteiger partial charge in [-0.2, -0.15) is 0 Å². The number of rotatable bonds is 4. The molecule has 0 aliphatic carbocycles. The minimum Gasteiger partial charge on any atom is -0.348 e. The standard InChI is InChI=1S/C16H11Cl2N3O2S/c17-10-3-1-9(13(18)5-10)2-4-14(22)19-7-11-6-12-15(23)20-8-21-16(12)24-11/h1-6,8H,7H2,(H,19,22)(H,20,21,23)/b4-2+. The molecule has 0 bridgehead atoms. The highest BCUT2D eigenvalue weighted by Crippen LogP contribution is 2.22. The summed E-state index contributed by atoms with van der Waals surface area (Å²) < 4.78 is 0. The van der Waals surface area contributed by atoms with E-state index in [4.69, 9.17) is 23.2 Å². The third-order valence-electron chi connectivity index (χ3n) is 3.20. The first kappa shape index (κ1) is 16.7. The number of nitrogens with one attached hydrogen (secondary N) is 2. The minimum atomic E-state index is -0.264. The van der Waals surface area contributed by atoms with Crippen LogP contribution in [0.25, 0.3) is 16.3 Å². The second-order valence-electron chi connectivity index (χ2n) is 4.88. The molecule has 5 nitrogen and oxygen atoms in total. The zero-order chi connectivity index (χ0) is 17.1. The SMILES string of the molecule is O=C(/C=C/c1ccc(Cl)cc1Cl)NCc1cc2c(=O)[nH]cnc2s1. The average molecular weight is 380 g/mol. The van der Waals surface area contributed by atoms with E-state index in [0.29, 0.717) is 32.4 Å². The normalized spacial score (nSPS) is 11.2. The first-order valence-corrected chi connectivity index (χ1v) is 8.47. The first-order valence-electron chi connectivity index (χ1n) is 6.90. The van der Waals surface area contributed by atoms with Crippen LogP contribution in [-0.2, 0) is 11.3 Å². The van der Waals surface area contributed by atoms with E-state index in [2.05, 4.69) is 15.3 Å². The van der Waals surface area contributed by atoms with Crippen LogP contribution in [0.5, 0.6) is 0 Å². The number of carbonyl (C=O) groups is 1. The predicted molar refractivity (Wildman–Crippen MR) is 97.6 cm³/mol. The molecule has 1 amide bonds. The molecule has 2 aromatic heterocycles. The molecular weight excluding hydrogens is 369 g/mol. The maximum absolute atomic E-state index is 11.9. The smallest absolute Gasteiger partial charge is 0.259 e. The van der Waals surface area contributed by atoms with Crippen molar-refractivity contribution in [2.75, 3.05) is 0 Å². The minimum absolute atomic E-state index is 0.189. The van der Waals surface area contributed by atoms with Gasteiger partial charge < -0.3 is 10.3 Å². The Hall–Kier alpha value is -2.15. The Bertz CT molecular complexity index is 994. The van der Waals surface area contributed by atoms with E-state index >= 15 is 0 Å². The number of H-pyrrole nitrogens is 1. The van der Waals surface area contributed by atoms with E-state index < -0.39 is 0 Å². The number of hydrogen-bond acceptors (Lipinski definition) is 4. The molecule has 122 valence electrons. The molecule has 2 N–H and O–H groups in total. The van der Waals surface area contributed by atoms with Crippen LogP contribution in [0.15, 0.2) is 41.5 Å². The molecule has 1 aromatic carbocycles. The number of carbonyl (C=O) groups excluding carboxylic acids is 1. The molecule has 3 rings (SSSR count). The molecular formula is C16H11Cl2N3O2S. The van der Waals surface area contributed by atoms with Crippen LogP contribution in [-0.4, -0.2) is 15.9 Å². The Kier molecular flexibility index (Phi) is 4.99. The van der Waals surface area contributed by atoms with Crippen LogP contribution < -0.4 is 10.9 Å². The van der Waals surface area contributed by atoms with E-state index in [1.165, 1.54) is 23.7 Å². The van der Waals surface area contributed by atoms with Crippen molar-refractivity contribution in [3.63, 3.8) is 0 Å². The monoisotopic (exact) mass is 379 g/mol. The fourth-order valence-corrected chi connectivity index (χ4v) is 3.45. The fraction of sp³-hybridized carbons (Fsp3) is 0.0625. The van der Waals surface area contributed by atoms with Crippen molar-refractivity contribution < 1.29 is 4.79 Å². The van der Waals surface area contributed by atoms with Crippen LogP contribution in [0.1, 0.15) is 10.4 Å². The van der Waals surface area contributed by atoms with Gasteiger partial charge in [0.2, 0.25) is 5.91 Å². The third-order valence-corrected chi connectivity index (χ3v) is 4.80. The van der Waals surface area contributed by atoms with Crippen LogP contribution >= 0.6 is 34.5 Å². The van der Waals surface area contributed by atoms with Gasteiger partial charge in [-0.1, -0.05) is 29.3 Å². The number of halogens is 2. The number of aromatic nitrogens is 2. The summed E-state index contributed by atoms with van der Waals surface area (Å²) in [5, 5.41) is 4.29. The maximum atomic E-state index is 11.9. The lowest BCUT2D eigenvalue weighted by Crippen LogP contribution is -2.19. The summed E-state index contributed by atoms with van der Waals surface area (Å²) in [5.74, 6) is -0.264. The van der Waals surface area contributed by atoms with Gasteiger partial charge in [0.05, 0.1) is 18.3 Å². The van der Waals surface area contributed by atoms with Crippen LogP contribution in [0.4, 0.5) is 0 Å². The van der Waals surface area contributed by atoms with Crippen molar-refractivity contribution in [1.29, 1.82) is 0 Å². The lowest BCUT2D eigenvalue weighted by atomic mass is 10.2. The van der Waals surface area contributed by atoms with Crippen LogP contribution in [0.3, 0.4) is 0 Å². The quantitative estimate of drug-likeness (QED) is 0.679. The van der Waals surface area contributed by atoms with Gasteiger partial charge in [-0.05, 0) is 29.8 Å². The third kappa shape index (κ3) is 3.84. The first-order chi connectivity index (χ1) is 11.5. The second-order valence-corrected chi connectivity index (χ2v) is 6.84. The number of benzene rings is 1. The molecule has 0 fully saturated rings. The van der Waals surface area contributed by atoms with Crippen LogP contribution in [0, 0.1) is 0 Å². The molecule has 0 saturated heterocycles. The van der Waals surface area contributed by atoms with Crippen LogP contribution in [0.2, 0.25) is 10.0 Å². The predicted octanol–water partition coefficient (Wildman–Crippen LogP) is 3.62. The summed E-state index contributed by atoms with van der Waals surface area (Å²) >= 11 is 13.2. The number of aromatic amines is 1. The summed E-state index contributed by atoms with van der Waals surface area (Å²) in [6.07, 6.45) is 4.38. The topological polar surface area (TPSA) is 74.8 Å². The molecule has 0 radical (unpaired) electrons. The highest BCUT2D eigenvalue weighted by molar-refractivity contribution is 7.18. The lowest BCUT2D eigenvalue weighted by molar-refractivity contribution is -0.116. The van der Waals surface area contributed by atoms with Gasteiger partial charge in [0.1, 0.15) is 4.83 Å². The number of fused-ring (bicyclic) bond motifs is 1. The van der Waals surface area contributed by atoms with Gasteiger partial charge in [0.15, 0.2) is 0 Å². The van der Waals surface area contributed by atoms with Gasteiger partial charge in [-0.3, -0.25) is 9.59 Å². The lowest BCUT2D eigenvalue weighted by Gasteiger charge is -2.00. The summed E-state index contributed by atoms with van der Waals surface area (Å²) in [4.78, 5) is 31.6. The zero-order valence-electron chi connectivity index (χ0n) is 12.2. The van der Waals surface area contributed by atoms with Gasteiger partial charge in [0, 0.05) is 21.0 Å². The number of nitrogens with zero attached hydrogens (tertiary/aromatic N) is 1. The highest BCUT2D eigenvalue weighted by Gasteiger charge is 2.06. The van der Waals surface area contributed by atoms with Gasteiger partial charge in [-0.15, -0.1) is 11.3 Å². The average Bonchev–Trinajstić information content (AvgIpc) is 2.97. The van der Waals surface area contributed by atoms with Crippen molar-refractivity contribution in [3.8, 4) is 0 Å². The summed E-state index contributed by atoms with van der Waals surface area (Å²) in [7, 11) is 0. The Morgan fingerprint density at radius 1 is 1.33 bits per heavy atom. The van der Waals surface area contributed by atoms with Gasteiger partial charge in [0.25, 0.3) is 5.56 Å². The van der Waals surface area contributed by atoms with Gasteiger partial charge in [-0.25, -0.2) is 4.98 Å². The van der Waals surface area contributed by atoms with E-state index in [1.54, 1.807) is 30.3 Å². The Morgan fingerprint density at radius 2 is 2.17 bits per heavy atom. The largest absolute Gasteiger partial charge is 0.348 e.